The smallest absolute Gasteiger partial charge is 0.224 e. The van der Waals surface area contributed by atoms with Gasteiger partial charge in [0, 0.05) is 35.7 Å². The number of amides is 1. The number of aromatic nitrogens is 1. The predicted octanol–water partition coefficient (Wildman–Crippen LogP) is 3.69. The lowest BCUT2D eigenvalue weighted by molar-refractivity contribution is -0.120. The molecule has 1 heterocycles. The van der Waals surface area contributed by atoms with Gasteiger partial charge < -0.3 is 9.88 Å². The zero-order valence-electron chi connectivity index (χ0n) is 12.3. The number of benzene rings is 2. The first-order valence-electron chi connectivity index (χ1n) is 7.17. The molecule has 1 N–H and O–H groups in total. The summed E-state index contributed by atoms with van der Waals surface area (Å²) in [5, 5.41) is 4.78. The maximum absolute atomic E-state index is 12.2. The van der Waals surface area contributed by atoms with Crippen LogP contribution in [0.3, 0.4) is 0 Å². The SMILES string of the molecule is Cn1cc(CC(=O)NCc2ccc(Cl)cc2)c2ccccc21. The Morgan fingerprint density at radius 3 is 2.64 bits per heavy atom. The van der Waals surface area contributed by atoms with Crippen LogP contribution in [0.15, 0.2) is 54.7 Å². The van der Waals surface area contributed by atoms with Crippen molar-refractivity contribution in [1.29, 1.82) is 0 Å². The number of nitrogens with zero attached hydrogens (tertiary/aromatic N) is 1. The Labute approximate surface area is 134 Å². The van der Waals surface area contributed by atoms with Crippen molar-refractivity contribution in [2.24, 2.45) is 7.05 Å². The topological polar surface area (TPSA) is 34.0 Å². The van der Waals surface area contributed by atoms with Crippen molar-refractivity contribution < 1.29 is 4.79 Å². The molecule has 3 nitrogen and oxygen atoms in total. The fraction of sp³-hybridized carbons (Fsp3) is 0.167. The third-order valence-corrected chi connectivity index (χ3v) is 3.99. The van der Waals surface area contributed by atoms with Crippen molar-refractivity contribution in [1.82, 2.24) is 9.88 Å². The van der Waals surface area contributed by atoms with Crippen LogP contribution in [0.4, 0.5) is 0 Å². The zero-order valence-corrected chi connectivity index (χ0v) is 13.1. The van der Waals surface area contributed by atoms with Gasteiger partial charge in [-0.3, -0.25) is 4.79 Å². The van der Waals surface area contributed by atoms with Crippen LogP contribution in [0, 0.1) is 0 Å². The number of halogens is 1. The highest BCUT2D eigenvalue weighted by molar-refractivity contribution is 6.30. The van der Waals surface area contributed by atoms with Gasteiger partial charge in [0.2, 0.25) is 5.91 Å². The number of nitrogens with one attached hydrogen (secondary N) is 1. The van der Waals surface area contributed by atoms with Crippen molar-refractivity contribution in [3.8, 4) is 0 Å². The number of para-hydroxylation sites is 1. The molecule has 0 bridgehead atoms. The molecule has 22 heavy (non-hydrogen) atoms. The average molecular weight is 313 g/mol. The normalized spacial score (nSPS) is 10.8. The Morgan fingerprint density at radius 1 is 1.14 bits per heavy atom. The Bertz CT molecular complexity index is 806. The van der Waals surface area contributed by atoms with Gasteiger partial charge in [-0.15, -0.1) is 0 Å². The van der Waals surface area contributed by atoms with E-state index in [-0.39, 0.29) is 5.91 Å². The summed E-state index contributed by atoms with van der Waals surface area (Å²) in [5.74, 6) is 0.0197. The number of hydrogen-bond acceptors (Lipinski definition) is 1. The molecule has 0 aliphatic heterocycles. The van der Waals surface area contributed by atoms with Crippen LogP contribution in [0.1, 0.15) is 11.1 Å². The van der Waals surface area contributed by atoms with Gasteiger partial charge in [0.1, 0.15) is 0 Å². The van der Waals surface area contributed by atoms with Gasteiger partial charge in [0.25, 0.3) is 0 Å². The summed E-state index contributed by atoms with van der Waals surface area (Å²) >= 11 is 5.85. The molecule has 0 aliphatic rings. The van der Waals surface area contributed by atoms with E-state index >= 15 is 0 Å². The van der Waals surface area contributed by atoms with Crippen molar-refractivity contribution in [3.05, 3.63) is 70.9 Å². The highest BCUT2D eigenvalue weighted by Crippen LogP contribution is 2.20. The molecule has 0 fully saturated rings. The minimum atomic E-state index is 0.0197. The molecule has 0 saturated heterocycles. The first kappa shape index (κ1) is 14.7. The number of fused-ring (bicyclic) bond motifs is 1. The molecular formula is C18H17ClN2O. The molecule has 0 atom stereocenters. The number of aryl methyl sites for hydroxylation is 1. The molecule has 0 radical (unpaired) electrons. The second-order valence-corrected chi connectivity index (χ2v) is 5.80. The number of rotatable bonds is 4. The van der Waals surface area contributed by atoms with E-state index in [0.717, 1.165) is 22.0 Å². The van der Waals surface area contributed by atoms with Crippen LogP contribution in [0.2, 0.25) is 5.02 Å². The molecule has 0 spiro atoms. The summed E-state index contributed by atoms with van der Waals surface area (Å²) < 4.78 is 2.05. The van der Waals surface area contributed by atoms with E-state index < -0.39 is 0 Å². The standard InChI is InChI=1S/C18H17ClN2O/c1-21-12-14(16-4-2-3-5-17(16)21)10-18(22)20-11-13-6-8-15(19)9-7-13/h2-9,12H,10-11H2,1H3,(H,20,22). The van der Waals surface area contributed by atoms with Crippen LogP contribution in [-0.2, 0) is 24.8 Å². The van der Waals surface area contributed by atoms with E-state index in [1.54, 1.807) is 0 Å². The lowest BCUT2D eigenvalue weighted by Crippen LogP contribution is -2.24. The summed E-state index contributed by atoms with van der Waals surface area (Å²) in [6, 6.07) is 15.6. The second kappa shape index (κ2) is 6.24. The molecule has 0 saturated carbocycles. The van der Waals surface area contributed by atoms with Crippen LogP contribution < -0.4 is 5.32 Å². The van der Waals surface area contributed by atoms with Crippen LogP contribution in [0.25, 0.3) is 10.9 Å². The Balaban J connectivity index is 1.67. The second-order valence-electron chi connectivity index (χ2n) is 5.36. The van der Waals surface area contributed by atoms with Gasteiger partial charge >= 0.3 is 0 Å². The van der Waals surface area contributed by atoms with Gasteiger partial charge in [0.05, 0.1) is 6.42 Å². The highest BCUT2D eigenvalue weighted by Gasteiger charge is 2.10. The lowest BCUT2D eigenvalue weighted by Gasteiger charge is -2.05. The van der Waals surface area contributed by atoms with E-state index in [4.69, 9.17) is 11.6 Å². The van der Waals surface area contributed by atoms with Gasteiger partial charge in [-0.05, 0) is 29.3 Å². The maximum Gasteiger partial charge on any atom is 0.224 e. The molecule has 4 heteroatoms. The van der Waals surface area contributed by atoms with Crippen molar-refractivity contribution >= 4 is 28.4 Å². The maximum atomic E-state index is 12.2. The Hall–Kier alpha value is -2.26. The third kappa shape index (κ3) is 3.15. The van der Waals surface area contributed by atoms with E-state index in [1.165, 1.54) is 0 Å². The first-order valence-corrected chi connectivity index (χ1v) is 7.55. The lowest BCUT2D eigenvalue weighted by atomic mass is 10.1. The van der Waals surface area contributed by atoms with Crippen molar-refractivity contribution in [2.75, 3.05) is 0 Å². The number of carbonyl (C=O) groups excluding carboxylic acids is 1. The number of hydrogen-bond donors (Lipinski definition) is 1. The molecule has 2 aromatic carbocycles. The molecule has 0 unspecified atom stereocenters. The largest absolute Gasteiger partial charge is 0.352 e. The predicted molar refractivity (Wildman–Crippen MR) is 89.9 cm³/mol. The Kier molecular flexibility index (Phi) is 4.16. The van der Waals surface area contributed by atoms with Gasteiger partial charge in [0.15, 0.2) is 0 Å². The summed E-state index contributed by atoms with van der Waals surface area (Å²) in [5.41, 5.74) is 3.23. The summed E-state index contributed by atoms with van der Waals surface area (Å²) in [7, 11) is 2.00. The van der Waals surface area contributed by atoms with Gasteiger partial charge in [-0.2, -0.15) is 0 Å². The fourth-order valence-corrected chi connectivity index (χ4v) is 2.73. The zero-order chi connectivity index (χ0) is 15.5. The first-order chi connectivity index (χ1) is 10.6. The van der Waals surface area contributed by atoms with Crippen molar-refractivity contribution in [3.63, 3.8) is 0 Å². The summed E-state index contributed by atoms with van der Waals surface area (Å²) in [4.78, 5) is 12.2. The van der Waals surface area contributed by atoms with Gasteiger partial charge in [-0.1, -0.05) is 41.9 Å². The van der Waals surface area contributed by atoms with Crippen LogP contribution >= 0.6 is 11.6 Å². The Morgan fingerprint density at radius 2 is 1.86 bits per heavy atom. The van der Waals surface area contributed by atoms with E-state index in [2.05, 4.69) is 22.0 Å². The minimum Gasteiger partial charge on any atom is -0.352 e. The van der Waals surface area contributed by atoms with Gasteiger partial charge in [-0.25, -0.2) is 0 Å². The molecular weight excluding hydrogens is 296 g/mol. The minimum absolute atomic E-state index is 0.0197. The summed E-state index contributed by atoms with van der Waals surface area (Å²) in [6.07, 6.45) is 2.40. The van der Waals surface area contributed by atoms with E-state index in [9.17, 15) is 4.79 Å². The third-order valence-electron chi connectivity index (χ3n) is 3.73. The number of carbonyl (C=O) groups is 1. The molecule has 1 amide bonds. The van der Waals surface area contributed by atoms with E-state index in [1.807, 2.05) is 49.6 Å². The summed E-state index contributed by atoms with van der Waals surface area (Å²) in [6.45, 7) is 0.515. The average Bonchev–Trinajstić information content (AvgIpc) is 2.83. The highest BCUT2D eigenvalue weighted by atomic mass is 35.5. The molecule has 0 aliphatic carbocycles. The van der Waals surface area contributed by atoms with Crippen LogP contribution in [0.5, 0.6) is 0 Å². The fourth-order valence-electron chi connectivity index (χ4n) is 2.60. The quantitative estimate of drug-likeness (QED) is 0.783. The van der Waals surface area contributed by atoms with Crippen LogP contribution in [-0.4, -0.2) is 10.5 Å². The van der Waals surface area contributed by atoms with Crippen molar-refractivity contribution in [2.45, 2.75) is 13.0 Å². The monoisotopic (exact) mass is 312 g/mol. The molecule has 3 aromatic rings. The molecule has 112 valence electrons. The molecule has 1 aromatic heterocycles. The van der Waals surface area contributed by atoms with E-state index in [0.29, 0.717) is 18.0 Å². The molecule has 3 rings (SSSR count).